The molecule has 0 saturated carbocycles. The molecule has 5 nitrogen and oxygen atoms in total. The topological polar surface area (TPSA) is 54.0 Å². The van der Waals surface area contributed by atoms with Gasteiger partial charge in [0.1, 0.15) is 23.0 Å². The highest BCUT2D eigenvalue weighted by Gasteiger charge is 2.22. The van der Waals surface area contributed by atoms with Gasteiger partial charge in [0.2, 0.25) is 0 Å². The Hall–Kier alpha value is -1.92. The van der Waals surface area contributed by atoms with Crippen molar-refractivity contribution in [2.24, 2.45) is 5.41 Å². The van der Waals surface area contributed by atoms with Crippen molar-refractivity contribution in [3.05, 3.63) is 59.4 Å². The molecule has 0 fully saturated rings. The van der Waals surface area contributed by atoms with Crippen LogP contribution >= 0.6 is 26.9 Å². The van der Waals surface area contributed by atoms with Gasteiger partial charge in [-0.3, -0.25) is 0 Å². The Balaban J connectivity index is 0.000000247. The fourth-order valence-corrected chi connectivity index (χ4v) is 4.44. The van der Waals surface area contributed by atoms with Crippen LogP contribution < -0.4 is 29.6 Å². The fraction of sp³-hybridized carbons (Fsp3) is 0.360. The zero-order valence-electron chi connectivity index (χ0n) is 20.5. The van der Waals surface area contributed by atoms with Gasteiger partial charge in [0.25, 0.3) is 0 Å². The van der Waals surface area contributed by atoms with Crippen molar-refractivity contribution in [2.75, 3.05) is 28.4 Å². The van der Waals surface area contributed by atoms with Crippen LogP contribution in [0, 0.1) is 5.41 Å². The van der Waals surface area contributed by atoms with Crippen LogP contribution in [-0.2, 0) is 4.57 Å². The van der Waals surface area contributed by atoms with Crippen LogP contribution in [0.3, 0.4) is 0 Å². The minimum absolute atomic E-state index is 0.257. The van der Waals surface area contributed by atoms with Gasteiger partial charge in [-0.25, -0.2) is 0 Å². The van der Waals surface area contributed by atoms with Crippen molar-refractivity contribution in [2.45, 2.75) is 27.2 Å². The first-order valence-corrected chi connectivity index (χ1v) is 12.4. The highest BCUT2D eigenvalue weighted by molar-refractivity contribution is 7.29. The predicted molar refractivity (Wildman–Crippen MR) is 147 cm³/mol. The van der Waals surface area contributed by atoms with E-state index in [0.717, 1.165) is 45.3 Å². The molecule has 0 saturated heterocycles. The normalized spacial score (nSPS) is 13.8. The van der Waals surface area contributed by atoms with E-state index in [0.29, 0.717) is 0 Å². The Morgan fingerprint density at radius 1 is 0.788 bits per heavy atom. The molecule has 33 heavy (non-hydrogen) atoms. The number of allylic oxidation sites excluding steroid dienone is 4. The SMILES string of the molecule is CC1=C([PH+]=O)C=CC(C)(C)C1.COc1cccc(OC)c1P.COc1cccc(OC)c1P. The lowest BCUT2D eigenvalue weighted by Crippen LogP contribution is -2.11. The summed E-state index contributed by atoms with van der Waals surface area (Å²) in [5, 5.41) is 2.92. The Morgan fingerprint density at radius 2 is 1.15 bits per heavy atom. The molecule has 1 aliphatic rings. The molecule has 3 atom stereocenters. The van der Waals surface area contributed by atoms with Crippen molar-refractivity contribution >= 4 is 37.5 Å². The lowest BCUT2D eigenvalue weighted by atomic mass is 9.82. The first-order chi connectivity index (χ1) is 15.6. The molecule has 1 aliphatic carbocycles. The van der Waals surface area contributed by atoms with Crippen molar-refractivity contribution in [3.63, 3.8) is 0 Å². The third-order valence-electron chi connectivity index (χ3n) is 4.92. The van der Waals surface area contributed by atoms with E-state index in [1.54, 1.807) is 28.4 Å². The van der Waals surface area contributed by atoms with Gasteiger partial charge in [-0.1, -0.05) is 55.1 Å². The van der Waals surface area contributed by atoms with Gasteiger partial charge in [-0.2, -0.15) is 0 Å². The lowest BCUT2D eigenvalue weighted by molar-refractivity contribution is 0.401. The fourth-order valence-electron chi connectivity index (χ4n) is 3.17. The van der Waals surface area contributed by atoms with Crippen LogP contribution in [0.2, 0.25) is 0 Å². The summed E-state index contributed by atoms with van der Waals surface area (Å²) in [7, 11) is 11.4. The predicted octanol–water partition coefficient (Wildman–Crippen LogP) is 5.68. The quantitative estimate of drug-likeness (QED) is 0.486. The summed E-state index contributed by atoms with van der Waals surface area (Å²) < 4.78 is 31.0. The van der Waals surface area contributed by atoms with Crippen LogP contribution in [0.1, 0.15) is 27.2 Å². The molecule has 180 valence electrons. The molecule has 0 aliphatic heterocycles. The molecule has 0 heterocycles. The Morgan fingerprint density at radius 3 is 1.42 bits per heavy atom. The first-order valence-electron chi connectivity index (χ1n) is 10.3. The molecule has 0 aromatic heterocycles. The minimum atomic E-state index is -0.294. The number of rotatable bonds is 5. The van der Waals surface area contributed by atoms with Crippen molar-refractivity contribution < 1.29 is 23.5 Å². The maximum atomic E-state index is 10.6. The van der Waals surface area contributed by atoms with Gasteiger partial charge in [-0.15, -0.1) is 0 Å². The average molecular weight is 509 g/mol. The summed E-state index contributed by atoms with van der Waals surface area (Å²) in [6, 6.07) is 11.4. The average Bonchev–Trinajstić information content (AvgIpc) is 2.80. The lowest BCUT2D eigenvalue weighted by Gasteiger charge is -2.22. The molecule has 0 radical (unpaired) electrons. The monoisotopic (exact) mass is 509 g/mol. The number of hydrogen-bond donors (Lipinski definition) is 0. The number of ether oxygens (including phenoxy) is 4. The van der Waals surface area contributed by atoms with Crippen LogP contribution in [0.4, 0.5) is 0 Å². The van der Waals surface area contributed by atoms with Crippen LogP contribution in [0.25, 0.3) is 0 Å². The van der Waals surface area contributed by atoms with Gasteiger partial charge >= 0.3 is 8.46 Å². The van der Waals surface area contributed by atoms with Crippen molar-refractivity contribution in [3.8, 4) is 23.0 Å². The van der Waals surface area contributed by atoms with E-state index >= 15 is 0 Å². The zero-order valence-corrected chi connectivity index (χ0v) is 23.8. The molecule has 0 amide bonds. The number of hydrogen-bond acceptors (Lipinski definition) is 5. The van der Waals surface area contributed by atoms with Crippen LogP contribution in [0.15, 0.2) is 59.4 Å². The maximum Gasteiger partial charge on any atom is 0.363 e. The highest BCUT2D eigenvalue weighted by atomic mass is 31.1. The summed E-state index contributed by atoms with van der Waals surface area (Å²) >= 11 is 0. The second-order valence-electron chi connectivity index (χ2n) is 7.95. The van der Waals surface area contributed by atoms with Crippen LogP contribution in [-0.4, -0.2) is 28.4 Å². The van der Waals surface area contributed by atoms with E-state index < -0.39 is 0 Å². The second kappa shape index (κ2) is 14.4. The molecule has 0 bridgehead atoms. The van der Waals surface area contributed by atoms with E-state index in [9.17, 15) is 4.57 Å². The Bertz CT molecular complexity index is 886. The van der Waals surface area contributed by atoms with Gasteiger partial charge in [0.05, 0.1) is 39.0 Å². The van der Waals surface area contributed by atoms with Gasteiger partial charge in [0.15, 0.2) is 5.31 Å². The third-order valence-corrected chi connectivity index (χ3v) is 6.88. The van der Waals surface area contributed by atoms with Crippen molar-refractivity contribution in [1.29, 1.82) is 0 Å². The molecular formula is C25H36O5P3+. The van der Waals surface area contributed by atoms with E-state index in [-0.39, 0.29) is 13.9 Å². The second-order valence-corrected chi connectivity index (χ2v) is 9.84. The molecule has 2 aromatic carbocycles. The summed E-state index contributed by atoms with van der Waals surface area (Å²) in [6.45, 7) is 6.45. The smallest absolute Gasteiger partial charge is 0.363 e. The number of benzene rings is 2. The molecular weight excluding hydrogens is 473 g/mol. The Kier molecular flexibility index (Phi) is 12.7. The minimum Gasteiger partial charge on any atom is -0.496 e. The zero-order chi connectivity index (χ0) is 25.0. The van der Waals surface area contributed by atoms with E-state index in [2.05, 4.69) is 45.3 Å². The van der Waals surface area contributed by atoms with Gasteiger partial charge in [-0.05, 0) is 54.7 Å². The molecule has 0 N–H and O–H groups in total. The summed E-state index contributed by atoms with van der Waals surface area (Å²) in [5.41, 5.74) is 1.53. The van der Waals surface area contributed by atoms with E-state index in [4.69, 9.17) is 18.9 Å². The molecule has 0 spiro atoms. The van der Waals surface area contributed by atoms with Crippen molar-refractivity contribution in [1.82, 2.24) is 0 Å². The maximum absolute atomic E-state index is 10.6. The van der Waals surface area contributed by atoms with E-state index in [1.807, 2.05) is 42.5 Å². The van der Waals surface area contributed by atoms with Gasteiger partial charge < -0.3 is 18.9 Å². The summed E-state index contributed by atoms with van der Waals surface area (Å²) in [5.74, 6) is 3.31. The molecule has 3 rings (SSSR count). The van der Waals surface area contributed by atoms with Gasteiger partial charge in [0, 0.05) is 0 Å². The molecule has 2 aromatic rings. The Labute approximate surface area is 204 Å². The standard InChI is InChI=1S/C9H13OP.2C8H11O2P/c1-7-6-9(2,3)5-4-8(7)11-10;2*1-9-6-4-3-5-7(10-2)8(6)11/h4-5H,6H2,1-3H3;2*3-5H,11H2,1-2H3/p+1. The third kappa shape index (κ3) is 9.09. The summed E-state index contributed by atoms with van der Waals surface area (Å²) in [4.78, 5) is 0. The molecule has 3 unspecified atom stereocenters. The number of methoxy groups -OCH3 is 4. The largest absolute Gasteiger partial charge is 0.496 e. The van der Waals surface area contributed by atoms with E-state index in [1.165, 1.54) is 5.57 Å². The summed E-state index contributed by atoms with van der Waals surface area (Å²) in [6.07, 6.45) is 5.17. The highest BCUT2D eigenvalue weighted by Crippen LogP contribution is 2.36. The first kappa shape index (κ1) is 29.1. The molecule has 8 heteroatoms. The van der Waals surface area contributed by atoms with Crippen LogP contribution in [0.5, 0.6) is 23.0 Å².